The van der Waals surface area contributed by atoms with Gasteiger partial charge < -0.3 is 10.1 Å². The first-order valence-electron chi connectivity index (χ1n) is 10.3. The van der Waals surface area contributed by atoms with Crippen LogP contribution < -0.4 is 10.2 Å². The van der Waals surface area contributed by atoms with Gasteiger partial charge >= 0.3 is 5.97 Å². The third-order valence-corrected chi connectivity index (χ3v) is 5.97. The smallest absolute Gasteiger partial charge is 0.340 e. The van der Waals surface area contributed by atoms with Crippen LogP contribution in [0.15, 0.2) is 54.9 Å². The van der Waals surface area contributed by atoms with Crippen molar-refractivity contribution in [3.8, 4) is 5.69 Å². The molecule has 5 rings (SSSR count). The summed E-state index contributed by atoms with van der Waals surface area (Å²) in [5, 5.41) is 13.9. The Labute approximate surface area is 183 Å². The molecule has 1 aliphatic carbocycles. The SMILES string of the molecule is O=C(OCC(=O)N1c2ccccc2NC(=O)C12CCCC2)c1ccccc1-n1cnnn1. The first-order chi connectivity index (χ1) is 15.6. The summed E-state index contributed by atoms with van der Waals surface area (Å²) in [4.78, 5) is 40.7. The maximum absolute atomic E-state index is 13.3. The number of benzene rings is 2. The number of nitrogens with one attached hydrogen (secondary N) is 1. The van der Waals surface area contributed by atoms with Crippen molar-refractivity contribution in [1.82, 2.24) is 20.2 Å². The summed E-state index contributed by atoms with van der Waals surface area (Å²) in [6.45, 7) is -0.494. The summed E-state index contributed by atoms with van der Waals surface area (Å²) in [5.41, 5.74) is 0.884. The second-order valence-corrected chi connectivity index (χ2v) is 7.79. The molecule has 2 aliphatic rings. The number of ether oxygens (including phenoxy) is 1. The van der Waals surface area contributed by atoms with E-state index in [1.807, 2.05) is 6.07 Å². The zero-order valence-corrected chi connectivity index (χ0v) is 17.1. The third-order valence-electron chi connectivity index (χ3n) is 5.97. The van der Waals surface area contributed by atoms with E-state index < -0.39 is 24.0 Å². The quantitative estimate of drug-likeness (QED) is 0.627. The molecule has 2 aromatic carbocycles. The first-order valence-corrected chi connectivity index (χ1v) is 10.3. The lowest BCUT2D eigenvalue weighted by atomic mass is 9.90. The zero-order valence-electron chi connectivity index (χ0n) is 17.1. The molecule has 2 heterocycles. The van der Waals surface area contributed by atoms with E-state index in [0.717, 1.165) is 12.8 Å². The van der Waals surface area contributed by atoms with Crippen LogP contribution in [0.3, 0.4) is 0 Å². The van der Waals surface area contributed by atoms with Crippen LogP contribution in [0.4, 0.5) is 11.4 Å². The lowest BCUT2D eigenvalue weighted by Gasteiger charge is -2.44. The van der Waals surface area contributed by atoms with E-state index in [0.29, 0.717) is 29.9 Å². The number of fused-ring (bicyclic) bond motifs is 1. The molecular weight excluding hydrogens is 412 g/mol. The van der Waals surface area contributed by atoms with Crippen LogP contribution in [-0.4, -0.2) is 50.1 Å². The molecule has 10 heteroatoms. The number of carbonyl (C=O) groups excluding carboxylic acids is 3. The fraction of sp³-hybridized carbons (Fsp3) is 0.273. The van der Waals surface area contributed by atoms with Gasteiger partial charge in [0.2, 0.25) is 0 Å². The summed E-state index contributed by atoms with van der Waals surface area (Å²) in [7, 11) is 0. The Morgan fingerprint density at radius 2 is 1.75 bits per heavy atom. The van der Waals surface area contributed by atoms with Crippen LogP contribution in [0, 0.1) is 0 Å². The molecular formula is C22H20N6O4. The molecule has 1 saturated carbocycles. The predicted molar refractivity (Wildman–Crippen MR) is 113 cm³/mol. The number of nitrogens with zero attached hydrogens (tertiary/aromatic N) is 5. The van der Waals surface area contributed by atoms with Gasteiger partial charge in [-0.2, -0.15) is 4.68 Å². The van der Waals surface area contributed by atoms with Crippen LogP contribution in [0.2, 0.25) is 0 Å². The molecule has 3 aromatic rings. The zero-order chi connectivity index (χ0) is 22.1. The minimum absolute atomic E-state index is 0.197. The van der Waals surface area contributed by atoms with Gasteiger partial charge in [0, 0.05) is 0 Å². The average Bonchev–Trinajstić information content (AvgIpc) is 3.52. The van der Waals surface area contributed by atoms with Crippen molar-refractivity contribution in [2.45, 2.75) is 31.2 Å². The molecule has 10 nitrogen and oxygen atoms in total. The standard InChI is InChI=1S/C22H20N6O4/c29-19(13-32-20(30)15-7-1-3-9-17(15)27-14-23-25-26-27)28-18-10-4-2-8-16(18)24-21(31)22(28)11-5-6-12-22/h1-4,7-10,14H,5-6,11-13H2,(H,24,31). The van der Waals surface area contributed by atoms with E-state index in [4.69, 9.17) is 4.74 Å². The highest BCUT2D eigenvalue weighted by molar-refractivity contribution is 6.15. The largest absolute Gasteiger partial charge is 0.452 e. The van der Waals surface area contributed by atoms with Crippen LogP contribution in [-0.2, 0) is 14.3 Å². The van der Waals surface area contributed by atoms with E-state index in [-0.39, 0.29) is 11.5 Å². The van der Waals surface area contributed by atoms with Crippen LogP contribution in [0.5, 0.6) is 0 Å². The minimum atomic E-state index is -0.956. The lowest BCUT2D eigenvalue weighted by molar-refractivity contribution is -0.129. The normalized spacial score (nSPS) is 16.5. The van der Waals surface area contributed by atoms with Crippen molar-refractivity contribution in [1.29, 1.82) is 0 Å². The number of aromatic nitrogens is 4. The Kier molecular flexibility index (Phi) is 4.89. The summed E-state index contributed by atoms with van der Waals surface area (Å²) in [6.07, 6.45) is 4.19. The average molecular weight is 432 g/mol. The number of hydrogen-bond acceptors (Lipinski definition) is 7. The van der Waals surface area contributed by atoms with E-state index in [1.54, 1.807) is 42.5 Å². The molecule has 162 valence electrons. The number of amides is 2. The van der Waals surface area contributed by atoms with Gasteiger partial charge in [-0.05, 0) is 47.5 Å². The van der Waals surface area contributed by atoms with Crippen molar-refractivity contribution in [3.63, 3.8) is 0 Å². The van der Waals surface area contributed by atoms with Crippen LogP contribution >= 0.6 is 0 Å². The van der Waals surface area contributed by atoms with Gasteiger partial charge in [-0.15, -0.1) is 5.10 Å². The highest BCUT2D eigenvalue weighted by Gasteiger charge is 2.52. The predicted octanol–water partition coefficient (Wildman–Crippen LogP) is 2.12. The lowest BCUT2D eigenvalue weighted by Crippen LogP contribution is -2.61. The number of carbonyl (C=O) groups is 3. The summed E-state index contributed by atoms with van der Waals surface area (Å²) in [6, 6.07) is 13.8. The Morgan fingerprint density at radius 3 is 2.50 bits per heavy atom. The van der Waals surface area contributed by atoms with Gasteiger partial charge in [-0.25, -0.2) is 4.79 Å². The maximum Gasteiger partial charge on any atom is 0.340 e. The molecule has 1 aromatic heterocycles. The molecule has 1 N–H and O–H groups in total. The van der Waals surface area contributed by atoms with Gasteiger partial charge in [0.1, 0.15) is 11.9 Å². The van der Waals surface area contributed by atoms with Crippen molar-refractivity contribution < 1.29 is 19.1 Å². The molecule has 2 amide bonds. The van der Waals surface area contributed by atoms with E-state index >= 15 is 0 Å². The van der Waals surface area contributed by atoms with Gasteiger partial charge in [0.25, 0.3) is 11.8 Å². The fourth-order valence-corrected chi connectivity index (χ4v) is 4.52. The van der Waals surface area contributed by atoms with Gasteiger partial charge in [0.05, 0.1) is 22.6 Å². The monoisotopic (exact) mass is 432 g/mol. The Hall–Kier alpha value is -4.08. The second kappa shape index (κ2) is 7.88. The number of para-hydroxylation sites is 3. The highest BCUT2D eigenvalue weighted by Crippen LogP contribution is 2.45. The first kappa shape index (κ1) is 19.9. The highest BCUT2D eigenvalue weighted by atomic mass is 16.5. The Bertz CT molecular complexity index is 1190. The second-order valence-electron chi connectivity index (χ2n) is 7.79. The van der Waals surface area contributed by atoms with E-state index in [1.165, 1.54) is 15.9 Å². The minimum Gasteiger partial charge on any atom is -0.452 e. The number of anilines is 2. The van der Waals surface area contributed by atoms with Gasteiger partial charge in [-0.3, -0.25) is 14.5 Å². The third kappa shape index (κ3) is 3.20. The van der Waals surface area contributed by atoms with Gasteiger partial charge in [-0.1, -0.05) is 37.1 Å². The number of rotatable bonds is 4. The summed E-state index contributed by atoms with van der Waals surface area (Å²) >= 11 is 0. The van der Waals surface area contributed by atoms with Crippen molar-refractivity contribution in [3.05, 3.63) is 60.4 Å². The van der Waals surface area contributed by atoms with Crippen LogP contribution in [0.1, 0.15) is 36.0 Å². The van der Waals surface area contributed by atoms with E-state index in [2.05, 4.69) is 20.8 Å². The fourth-order valence-electron chi connectivity index (χ4n) is 4.52. The Morgan fingerprint density at radius 1 is 1.03 bits per heavy atom. The van der Waals surface area contributed by atoms with Crippen LogP contribution in [0.25, 0.3) is 5.69 Å². The molecule has 0 saturated heterocycles. The molecule has 0 atom stereocenters. The molecule has 0 bridgehead atoms. The molecule has 1 spiro atoms. The summed E-state index contributed by atoms with van der Waals surface area (Å²) < 4.78 is 6.74. The van der Waals surface area contributed by atoms with Crippen molar-refractivity contribution in [2.24, 2.45) is 0 Å². The topological polar surface area (TPSA) is 119 Å². The van der Waals surface area contributed by atoms with Gasteiger partial charge in [0.15, 0.2) is 6.61 Å². The molecule has 1 fully saturated rings. The Balaban J connectivity index is 1.40. The molecule has 32 heavy (non-hydrogen) atoms. The summed E-state index contributed by atoms with van der Waals surface area (Å²) in [5.74, 6) is -1.32. The van der Waals surface area contributed by atoms with Crippen molar-refractivity contribution >= 4 is 29.2 Å². The number of tetrazole rings is 1. The molecule has 0 unspecified atom stereocenters. The number of esters is 1. The molecule has 0 radical (unpaired) electrons. The number of hydrogen-bond donors (Lipinski definition) is 1. The van der Waals surface area contributed by atoms with E-state index in [9.17, 15) is 14.4 Å². The van der Waals surface area contributed by atoms with Crippen molar-refractivity contribution in [2.75, 3.05) is 16.8 Å². The molecule has 1 aliphatic heterocycles. The maximum atomic E-state index is 13.3.